The fourth-order valence-electron chi connectivity index (χ4n) is 3.51. The second-order valence-corrected chi connectivity index (χ2v) is 6.72. The van der Waals surface area contributed by atoms with E-state index in [4.69, 9.17) is 5.73 Å². The normalized spacial score (nSPS) is 31.3. The van der Waals surface area contributed by atoms with E-state index in [2.05, 4.69) is 39.6 Å². The van der Waals surface area contributed by atoms with E-state index < -0.39 is 0 Å². The summed E-state index contributed by atoms with van der Waals surface area (Å²) < 4.78 is 0. The number of nitrogens with two attached hydrogens (primary N) is 1. The van der Waals surface area contributed by atoms with Crippen LogP contribution in [-0.4, -0.2) is 30.6 Å². The first-order chi connectivity index (χ1) is 7.35. The summed E-state index contributed by atoms with van der Waals surface area (Å²) in [5.41, 5.74) is 6.75. The van der Waals surface area contributed by atoms with Crippen LogP contribution in [0.15, 0.2) is 0 Å². The number of likely N-dealkylation sites (N-methyl/N-ethyl adjacent to an activating group) is 1. The molecule has 0 aliphatic heterocycles. The summed E-state index contributed by atoms with van der Waals surface area (Å²) in [6, 6.07) is 0. The van der Waals surface area contributed by atoms with Gasteiger partial charge in [-0.1, -0.05) is 40.5 Å². The van der Waals surface area contributed by atoms with E-state index in [1.54, 1.807) is 0 Å². The van der Waals surface area contributed by atoms with Crippen molar-refractivity contribution in [3.05, 3.63) is 0 Å². The molecule has 2 heteroatoms. The highest BCUT2D eigenvalue weighted by Crippen LogP contribution is 2.41. The van der Waals surface area contributed by atoms with Gasteiger partial charge in [0, 0.05) is 18.6 Å². The van der Waals surface area contributed by atoms with E-state index in [0.29, 0.717) is 5.41 Å². The molecular weight excluding hydrogens is 196 g/mol. The minimum Gasteiger partial charge on any atom is -0.329 e. The number of hydrogen-bond donors (Lipinski definition) is 1. The van der Waals surface area contributed by atoms with Crippen molar-refractivity contribution in [1.29, 1.82) is 0 Å². The Morgan fingerprint density at radius 3 is 2.44 bits per heavy atom. The molecule has 16 heavy (non-hydrogen) atoms. The standard InChI is InChI=1S/C14H30N2/c1-6-12-8-7-9-14(12,10-15)16(5)11-13(2,3)4/h12H,6-11,15H2,1-5H3. The molecule has 0 bridgehead atoms. The van der Waals surface area contributed by atoms with Crippen LogP contribution < -0.4 is 5.73 Å². The predicted molar refractivity (Wildman–Crippen MR) is 71.5 cm³/mol. The summed E-state index contributed by atoms with van der Waals surface area (Å²) in [5.74, 6) is 0.796. The van der Waals surface area contributed by atoms with E-state index in [9.17, 15) is 0 Å². The Bertz CT molecular complexity index is 219. The van der Waals surface area contributed by atoms with E-state index in [0.717, 1.165) is 19.0 Å². The van der Waals surface area contributed by atoms with Crippen molar-refractivity contribution in [2.24, 2.45) is 17.1 Å². The molecule has 0 heterocycles. The Morgan fingerprint density at radius 1 is 1.38 bits per heavy atom. The van der Waals surface area contributed by atoms with Crippen LogP contribution in [0.4, 0.5) is 0 Å². The topological polar surface area (TPSA) is 29.3 Å². The summed E-state index contributed by atoms with van der Waals surface area (Å²) in [5, 5.41) is 0. The zero-order valence-electron chi connectivity index (χ0n) is 11.8. The molecule has 2 nitrogen and oxygen atoms in total. The van der Waals surface area contributed by atoms with Crippen molar-refractivity contribution in [1.82, 2.24) is 4.90 Å². The average molecular weight is 226 g/mol. The Morgan fingerprint density at radius 2 is 2.00 bits per heavy atom. The van der Waals surface area contributed by atoms with Gasteiger partial charge in [0.05, 0.1) is 0 Å². The van der Waals surface area contributed by atoms with Crippen molar-refractivity contribution in [2.75, 3.05) is 20.1 Å². The van der Waals surface area contributed by atoms with Crippen LogP contribution in [0.2, 0.25) is 0 Å². The quantitative estimate of drug-likeness (QED) is 0.798. The highest BCUT2D eigenvalue weighted by Gasteiger charge is 2.44. The molecule has 0 radical (unpaired) electrons. The van der Waals surface area contributed by atoms with Gasteiger partial charge in [0.25, 0.3) is 0 Å². The lowest BCUT2D eigenvalue weighted by molar-refractivity contribution is 0.0520. The second kappa shape index (κ2) is 5.05. The molecule has 1 fully saturated rings. The molecule has 2 N–H and O–H groups in total. The second-order valence-electron chi connectivity index (χ2n) is 6.72. The smallest absolute Gasteiger partial charge is 0.0356 e. The van der Waals surface area contributed by atoms with Gasteiger partial charge >= 0.3 is 0 Å². The third kappa shape index (κ3) is 2.78. The molecule has 2 unspecified atom stereocenters. The van der Waals surface area contributed by atoms with Gasteiger partial charge in [-0.3, -0.25) is 4.90 Å². The third-order valence-corrected chi connectivity index (χ3v) is 4.24. The lowest BCUT2D eigenvalue weighted by atomic mass is 9.82. The highest BCUT2D eigenvalue weighted by atomic mass is 15.2. The minimum atomic E-state index is 0.280. The van der Waals surface area contributed by atoms with Crippen molar-refractivity contribution >= 4 is 0 Å². The summed E-state index contributed by atoms with van der Waals surface area (Å²) in [6.45, 7) is 11.2. The zero-order chi connectivity index (χ0) is 12.4. The molecular formula is C14H30N2. The van der Waals surface area contributed by atoms with Gasteiger partial charge in [-0.2, -0.15) is 0 Å². The molecule has 1 saturated carbocycles. The monoisotopic (exact) mass is 226 g/mol. The molecule has 0 amide bonds. The molecule has 0 aromatic heterocycles. The molecule has 1 aliphatic carbocycles. The van der Waals surface area contributed by atoms with Crippen molar-refractivity contribution in [3.63, 3.8) is 0 Å². The first kappa shape index (κ1) is 14.0. The average Bonchev–Trinajstić information content (AvgIpc) is 2.58. The van der Waals surface area contributed by atoms with Crippen LogP contribution in [-0.2, 0) is 0 Å². The molecule has 1 rings (SSSR count). The van der Waals surface area contributed by atoms with Gasteiger partial charge in [0.2, 0.25) is 0 Å². The predicted octanol–water partition coefficient (Wildman–Crippen LogP) is 2.87. The van der Waals surface area contributed by atoms with E-state index >= 15 is 0 Å². The van der Waals surface area contributed by atoms with E-state index in [-0.39, 0.29) is 5.54 Å². The first-order valence-electron chi connectivity index (χ1n) is 6.77. The van der Waals surface area contributed by atoms with Gasteiger partial charge in [0.1, 0.15) is 0 Å². The molecule has 2 atom stereocenters. The van der Waals surface area contributed by atoms with Crippen molar-refractivity contribution in [2.45, 2.75) is 58.9 Å². The van der Waals surface area contributed by atoms with Crippen LogP contribution in [0.3, 0.4) is 0 Å². The zero-order valence-corrected chi connectivity index (χ0v) is 11.8. The fraction of sp³-hybridized carbons (Fsp3) is 1.00. The van der Waals surface area contributed by atoms with Crippen LogP contribution in [0.1, 0.15) is 53.4 Å². The first-order valence-corrected chi connectivity index (χ1v) is 6.77. The summed E-state index contributed by atoms with van der Waals surface area (Å²) in [7, 11) is 2.27. The van der Waals surface area contributed by atoms with Gasteiger partial charge in [-0.05, 0) is 31.2 Å². The lowest BCUT2D eigenvalue weighted by Crippen LogP contribution is -2.56. The Balaban J connectivity index is 2.79. The summed E-state index contributed by atoms with van der Waals surface area (Å²) in [6.07, 6.45) is 5.27. The fourth-order valence-corrected chi connectivity index (χ4v) is 3.51. The molecule has 0 saturated heterocycles. The van der Waals surface area contributed by atoms with Crippen LogP contribution in [0.5, 0.6) is 0 Å². The highest BCUT2D eigenvalue weighted by molar-refractivity contribution is 5.01. The maximum Gasteiger partial charge on any atom is 0.0356 e. The third-order valence-electron chi connectivity index (χ3n) is 4.24. The van der Waals surface area contributed by atoms with Gasteiger partial charge in [0.15, 0.2) is 0 Å². The summed E-state index contributed by atoms with van der Waals surface area (Å²) in [4.78, 5) is 2.55. The Kier molecular flexibility index (Phi) is 4.42. The van der Waals surface area contributed by atoms with Crippen molar-refractivity contribution < 1.29 is 0 Å². The van der Waals surface area contributed by atoms with Crippen molar-refractivity contribution in [3.8, 4) is 0 Å². The van der Waals surface area contributed by atoms with Gasteiger partial charge in [-0.15, -0.1) is 0 Å². The maximum absolute atomic E-state index is 6.11. The number of nitrogens with zero attached hydrogens (tertiary/aromatic N) is 1. The Hall–Kier alpha value is -0.0800. The molecule has 1 aliphatic rings. The number of hydrogen-bond acceptors (Lipinski definition) is 2. The molecule has 0 aromatic carbocycles. The van der Waals surface area contributed by atoms with E-state index in [1.165, 1.54) is 25.7 Å². The Labute approximate surface area is 102 Å². The van der Waals surface area contributed by atoms with Crippen LogP contribution >= 0.6 is 0 Å². The molecule has 0 spiro atoms. The van der Waals surface area contributed by atoms with E-state index in [1.807, 2.05) is 0 Å². The largest absolute Gasteiger partial charge is 0.329 e. The number of rotatable bonds is 4. The minimum absolute atomic E-state index is 0.280. The van der Waals surface area contributed by atoms with Gasteiger partial charge in [-0.25, -0.2) is 0 Å². The molecule has 0 aromatic rings. The van der Waals surface area contributed by atoms with Crippen LogP contribution in [0, 0.1) is 11.3 Å². The maximum atomic E-state index is 6.11. The molecule has 96 valence electrons. The van der Waals surface area contributed by atoms with Crippen LogP contribution in [0.25, 0.3) is 0 Å². The SMILES string of the molecule is CCC1CCCC1(CN)N(C)CC(C)(C)C. The summed E-state index contributed by atoms with van der Waals surface area (Å²) >= 11 is 0. The van der Waals surface area contributed by atoms with Gasteiger partial charge < -0.3 is 5.73 Å². The lowest BCUT2D eigenvalue weighted by Gasteiger charge is -2.45.